The molecule has 1 saturated carbocycles. The number of piperidine rings is 1. The van der Waals surface area contributed by atoms with Crippen LogP contribution in [-0.4, -0.2) is 43.3 Å². The summed E-state index contributed by atoms with van der Waals surface area (Å²) in [5, 5.41) is 0. The minimum Gasteiger partial charge on any atom is -0.377 e. The van der Waals surface area contributed by atoms with Crippen LogP contribution < -0.4 is 5.73 Å². The second-order valence-corrected chi connectivity index (χ2v) is 5.98. The molecule has 3 heteroatoms. The summed E-state index contributed by atoms with van der Waals surface area (Å²) in [6.45, 7) is 6.37. The molecular weight excluding hydrogens is 224 g/mol. The van der Waals surface area contributed by atoms with E-state index in [1.165, 1.54) is 45.1 Å². The van der Waals surface area contributed by atoms with Crippen LogP contribution in [0, 0.1) is 5.92 Å². The summed E-state index contributed by atoms with van der Waals surface area (Å²) >= 11 is 0. The summed E-state index contributed by atoms with van der Waals surface area (Å²) in [5.74, 6) is 0.726. The summed E-state index contributed by atoms with van der Waals surface area (Å²) in [4.78, 5) is 2.68. The third-order valence-corrected chi connectivity index (χ3v) is 4.61. The van der Waals surface area contributed by atoms with Crippen LogP contribution in [0.3, 0.4) is 0 Å². The number of hydrogen-bond acceptors (Lipinski definition) is 3. The van der Waals surface area contributed by atoms with Crippen LogP contribution >= 0.6 is 0 Å². The van der Waals surface area contributed by atoms with Gasteiger partial charge in [-0.2, -0.15) is 0 Å². The van der Waals surface area contributed by atoms with Gasteiger partial charge in [0.15, 0.2) is 0 Å². The van der Waals surface area contributed by atoms with Crippen LogP contribution in [-0.2, 0) is 4.74 Å². The smallest absolute Gasteiger partial charge is 0.0702 e. The minimum absolute atomic E-state index is 0.471. The van der Waals surface area contributed by atoms with Crippen molar-refractivity contribution in [3.8, 4) is 0 Å². The van der Waals surface area contributed by atoms with E-state index >= 15 is 0 Å². The highest BCUT2D eigenvalue weighted by molar-refractivity contribution is 4.87. The molecule has 106 valence electrons. The second-order valence-electron chi connectivity index (χ2n) is 5.98. The fourth-order valence-electron chi connectivity index (χ4n) is 3.63. The van der Waals surface area contributed by atoms with Crippen molar-refractivity contribution in [1.82, 2.24) is 4.90 Å². The molecule has 3 nitrogen and oxygen atoms in total. The van der Waals surface area contributed by atoms with E-state index in [1.54, 1.807) is 0 Å². The van der Waals surface area contributed by atoms with E-state index in [1.807, 2.05) is 0 Å². The standard InChI is InChI=1S/C15H30N2O/c1-2-10-18-14-7-5-9-17(12-14)15-8-4-3-6-13(15)11-16/h13-15H,2-12,16H2,1H3. The zero-order valence-electron chi connectivity index (χ0n) is 11.9. The molecule has 0 amide bonds. The lowest BCUT2D eigenvalue weighted by Gasteiger charge is -2.43. The lowest BCUT2D eigenvalue weighted by molar-refractivity contribution is -0.0262. The third-order valence-electron chi connectivity index (χ3n) is 4.61. The van der Waals surface area contributed by atoms with E-state index in [4.69, 9.17) is 10.5 Å². The molecule has 18 heavy (non-hydrogen) atoms. The van der Waals surface area contributed by atoms with Crippen LogP contribution in [0.25, 0.3) is 0 Å². The van der Waals surface area contributed by atoms with Gasteiger partial charge in [0.1, 0.15) is 0 Å². The maximum absolute atomic E-state index is 5.96. The number of nitrogens with zero attached hydrogens (tertiary/aromatic N) is 1. The van der Waals surface area contributed by atoms with Crippen molar-refractivity contribution in [2.75, 3.05) is 26.2 Å². The average Bonchev–Trinajstić information content (AvgIpc) is 2.45. The zero-order valence-corrected chi connectivity index (χ0v) is 11.9. The molecular formula is C15H30N2O. The molecule has 3 unspecified atom stereocenters. The van der Waals surface area contributed by atoms with Gasteiger partial charge in [-0.3, -0.25) is 4.90 Å². The van der Waals surface area contributed by atoms with E-state index in [9.17, 15) is 0 Å². The summed E-state index contributed by atoms with van der Waals surface area (Å²) in [5.41, 5.74) is 5.96. The highest BCUT2D eigenvalue weighted by atomic mass is 16.5. The number of likely N-dealkylation sites (tertiary alicyclic amines) is 1. The van der Waals surface area contributed by atoms with Gasteiger partial charge in [-0.25, -0.2) is 0 Å². The van der Waals surface area contributed by atoms with Gasteiger partial charge in [0.25, 0.3) is 0 Å². The number of nitrogens with two attached hydrogens (primary N) is 1. The van der Waals surface area contributed by atoms with Gasteiger partial charge in [-0.05, 0) is 51.1 Å². The molecule has 2 aliphatic rings. The zero-order chi connectivity index (χ0) is 12.8. The Morgan fingerprint density at radius 1 is 1.17 bits per heavy atom. The van der Waals surface area contributed by atoms with Crippen molar-refractivity contribution >= 4 is 0 Å². The first-order chi connectivity index (χ1) is 8.85. The first-order valence-corrected chi connectivity index (χ1v) is 7.90. The van der Waals surface area contributed by atoms with Crippen molar-refractivity contribution in [3.05, 3.63) is 0 Å². The Kier molecular flexibility index (Phi) is 5.93. The van der Waals surface area contributed by atoms with Gasteiger partial charge in [0.05, 0.1) is 6.10 Å². The molecule has 0 spiro atoms. The Morgan fingerprint density at radius 2 is 2.00 bits per heavy atom. The van der Waals surface area contributed by atoms with Gasteiger partial charge in [0, 0.05) is 19.2 Å². The Balaban J connectivity index is 1.86. The average molecular weight is 254 g/mol. The fraction of sp³-hybridized carbons (Fsp3) is 1.00. The predicted molar refractivity (Wildman–Crippen MR) is 75.6 cm³/mol. The SMILES string of the molecule is CCCOC1CCCN(C2CCCCC2CN)C1. The van der Waals surface area contributed by atoms with Gasteiger partial charge >= 0.3 is 0 Å². The summed E-state index contributed by atoms with van der Waals surface area (Å²) in [6.07, 6.45) is 9.59. The molecule has 0 aromatic heterocycles. The van der Waals surface area contributed by atoms with Gasteiger partial charge in [-0.1, -0.05) is 19.8 Å². The molecule has 0 aromatic rings. The molecule has 2 N–H and O–H groups in total. The Hall–Kier alpha value is -0.120. The number of rotatable bonds is 5. The summed E-state index contributed by atoms with van der Waals surface area (Å²) < 4.78 is 5.95. The van der Waals surface area contributed by atoms with Crippen molar-refractivity contribution in [1.29, 1.82) is 0 Å². The van der Waals surface area contributed by atoms with E-state index < -0.39 is 0 Å². The van der Waals surface area contributed by atoms with E-state index in [-0.39, 0.29) is 0 Å². The maximum atomic E-state index is 5.96. The van der Waals surface area contributed by atoms with Crippen molar-refractivity contribution in [3.63, 3.8) is 0 Å². The Bertz CT molecular complexity index is 235. The number of hydrogen-bond donors (Lipinski definition) is 1. The quantitative estimate of drug-likeness (QED) is 0.819. The van der Waals surface area contributed by atoms with E-state index in [0.717, 1.165) is 38.1 Å². The predicted octanol–water partition coefficient (Wildman–Crippen LogP) is 2.39. The Labute approximate surface area is 112 Å². The summed E-state index contributed by atoms with van der Waals surface area (Å²) in [7, 11) is 0. The molecule has 3 atom stereocenters. The molecule has 0 bridgehead atoms. The monoisotopic (exact) mass is 254 g/mol. The molecule has 0 aromatic carbocycles. The minimum atomic E-state index is 0.471. The molecule has 1 aliphatic heterocycles. The second kappa shape index (κ2) is 7.46. The van der Waals surface area contributed by atoms with Crippen LogP contribution in [0.2, 0.25) is 0 Å². The molecule has 0 radical (unpaired) electrons. The van der Waals surface area contributed by atoms with Gasteiger partial charge < -0.3 is 10.5 Å². The van der Waals surface area contributed by atoms with Gasteiger partial charge in [-0.15, -0.1) is 0 Å². The van der Waals surface area contributed by atoms with Crippen molar-refractivity contribution in [2.45, 2.75) is 64.0 Å². The molecule has 1 saturated heterocycles. The largest absolute Gasteiger partial charge is 0.377 e. The lowest BCUT2D eigenvalue weighted by atomic mass is 9.82. The lowest BCUT2D eigenvalue weighted by Crippen LogP contribution is -2.50. The highest BCUT2D eigenvalue weighted by Crippen LogP contribution is 2.30. The highest BCUT2D eigenvalue weighted by Gasteiger charge is 2.32. The van der Waals surface area contributed by atoms with Crippen molar-refractivity contribution < 1.29 is 4.74 Å². The molecule has 2 fully saturated rings. The van der Waals surface area contributed by atoms with Crippen LogP contribution in [0.5, 0.6) is 0 Å². The first kappa shape index (κ1) is 14.3. The van der Waals surface area contributed by atoms with Gasteiger partial charge in [0.2, 0.25) is 0 Å². The molecule has 1 aliphatic carbocycles. The van der Waals surface area contributed by atoms with Crippen LogP contribution in [0.15, 0.2) is 0 Å². The van der Waals surface area contributed by atoms with Crippen molar-refractivity contribution in [2.24, 2.45) is 11.7 Å². The van der Waals surface area contributed by atoms with Crippen LogP contribution in [0.1, 0.15) is 51.9 Å². The third kappa shape index (κ3) is 3.69. The number of ether oxygens (including phenoxy) is 1. The topological polar surface area (TPSA) is 38.5 Å². The fourth-order valence-corrected chi connectivity index (χ4v) is 3.63. The molecule has 2 rings (SSSR count). The normalized spacial score (nSPS) is 34.7. The van der Waals surface area contributed by atoms with E-state index in [0.29, 0.717) is 6.10 Å². The van der Waals surface area contributed by atoms with E-state index in [2.05, 4.69) is 11.8 Å². The Morgan fingerprint density at radius 3 is 2.78 bits per heavy atom. The van der Waals surface area contributed by atoms with Crippen LogP contribution in [0.4, 0.5) is 0 Å². The maximum Gasteiger partial charge on any atom is 0.0702 e. The first-order valence-electron chi connectivity index (χ1n) is 7.90. The summed E-state index contributed by atoms with van der Waals surface area (Å²) in [6, 6.07) is 0.733. The molecule has 1 heterocycles.